The molecule has 1 heterocycles. The van der Waals surface area contributed by atoms with E-state index >= 15 is 0 Å². The van der Waals surface area contributed by atoms with Gasteiger partial charge in [-0.15, -0.1) is 11.3 Å². The van der Waals surface area contributed by atoms with Crippen molar-refractivity contribution in [2.24, 2.45) is 0 Å². The molecule has 0 aliphatic rings. The topological polar surface area (TPSA) is 71.1 Å². The fourth-order valence-electron chi connectivity index (χ4n) is 1.43. The van der Waals surface area contributed by atoms with Crippen molar-refractivity contribution in [3.8, 4) is 0 Å². The van der Waals surface area contributed by atoms with Crippen LogP contribution in [0, 0.1) is 0 Å². The lowest BCUT2D eigenvalue weighted by Crippen LogP contribution is -2.14. The molecule has 0 saturated heterocycles. The predicted molar refractivity (Wildman–Crippen MR) is 79.0 cm³/mol. The van der Waals surface area contributed by atoms with Crippen molar-refractivity contribution in [3.05, 3.63) is 40.8 Å². The first-order valence-corrected chi connectivity index (χ1v) is 8.35. The normalized spacial score (nSPS) is 11.2. The SMILES string of the molecule is CCS(=O)(=O)Nc1ccc(NCc2nccs2)cc1. The molecule has 2 rings (SSSR count). The third-order valence-corrected chi connectivity index (χ3v) is 4.55. The Bertz CT molecular complexity index is 607. The third-order valence-electron chi connectivity index (χ3n) is 2.47. The summed E-state index contributed by atoms with van der Waals surface area (Å²) in [5, 5.41) is 6.16. The van der Waals surface area contributed by atoms with Crippen molar-refractivity contribution in [1.82, 2.24) is 4.98 Å². The Morgan fingerprint density at radius 3 is 2.47 bits per heavy atom. The fourth-order valence-corrected chi connectivity index (χ4v) is 2.62. The molecule has 0 bridgehead atoms. The van der Waals surface area contributed by atoms with Crippen LogP contribution in [-0.2, 0) is 16.6 Å². The second kappa shape index (κ2) is 6.03. The van der Waals surface area contributed by atoms with E-state index in [4.69, 9.17) is 0 Å². The molecule has 1 aromatic heterocycles. The van der Waals surface area contributed by atoms with Crippen LogP contribution < -0.4 is 10.0 Å². The molecule has 19 heavy (non-hydrogen) atoms. The quantitative estimate of drug-likeness (QED) is 0.859. The Kier molecular flexibility index (Phi) is 4.39. The minimum absolute atomic E-state index is 0.0665. The van der Waals surface area contributed by atoms with E-state index in [0.717, 1.165) is 10.7 Å². The Morgan fingerprint density at radius 2 is 1.89 bits per heavy atom. The molecule has 0 atom stereocenters. The number of anilines is 2. The maximum absolute atomic E-state index is 11.4. The number of thiazole rings is 1. The third kappa shape index (κ3) is 4.22. The van der Waals surface area contributed by atoms with E-state index in [1.165, 1.54) is 0 Å². The number of rotatable bonds is 6. The molecule has 0 amide bonds. The van der Waals surface area contributed by atoms with Gasteiger partial charge in [-0.1, -0.05) is 0 Å². The summed E-state index contributed by atoms with van der Waals surface area (Å²) in [6, 6.07) is 7.14. The van der Waals surface area contributed by atoms with Crippen LogP contribution in [0.15, 0.2) is 35.8 Å². The molecule has 5 nitrogen and oxygen atoms in total. The van der Waals surface area contributed by atoms with Gasteiger partial charge in [-0.25, -0.2) is 13.4 Å². The number of sulfonamides is 1. The van der Waals surface area contributed by atoms with Crippen LogP contribution in [0.25, 0.3) is 0 Å². The van der Waals surface area contributed by atoms with Crippen molar-refractivity contribution in [3.63, 3.8) is 0 Å². The van der Waals surface area contributed by atoms with Crippen molar-refractivity contribution in [2.45, 2.75) is 13.5 Å². The van der Waals surface area contributed by atoms with E-state index in [-0.39, 0.29) is 5.75 Å². The van der Waals surface area contributed by atoms with Crippen molar-refractivity contribution in [1.29, 1.82) is 0 Å². The summed E-state index contributed by atoms with van der Waals surface area (Å²) in [6.07, 6.45) is 1.77. The molecule has 2 aromatic rings. The summed E-state index contributed by atoms with van der Waals surface area (Å²) in [4.78, 5) is 4.17. The van der Waals surface area contributed by atoms with Gasteiger partial charge in [-0.3, -0.25) is 4.72 Å². The van der Waals surface area contributed by atoms with Crippen LogP contribution in [0.4, 0.5) is 11.4 Å². The molecule has 0 aliphatic carbocycles. The molecular formula is C12H15N3O2S2. The molecule has 102 valence electrons. The average molecular weight is 297 g/mol. The molecule has 2 N–H and O–H groups in total. The van der Waals surface area contributed by atoms with Crippen LogP contribution in [0.2, 0.25) is 0 Å². The molecular weight excluding hydrogens is 282 g/mol. The van der Waals surface area contributed by atoms with Crippen LogP contribution in [-0.4, -0.2) is 19.2 Å². The maximum atomic E-state index is 11.4. The van der Waals surface area contributed by atoms with E-state index < -0.39 is 10.0 Å². The smallest absolute Gasteiger partial charge is 0.232 e. The molecule has 0 unspecified atom stereocenters. The molecule has 1 aromatic carbocycles. The highest BCUT2D eigenvalue weighted by Gasteiger charge is 2.06. The van der Waals surface area contributed by atoms with E-state index in [1.807, 2.05) is 17.5 Å². The summed E-state index contributed by atoms with van der Waals surface area (Å²) in [5.41, 5.74) is 1.50. The predicted octanol–water partition coefficient (Wildman–Crippen LogP) is 2.52. The average Bonchev–Trinajstić information content (AvgIpc) is 2.91. The van der Waals surface area contributed by atoms with Crippen molar-refractivity contribution in [2.75, 3.05) is 15.8 Å². The zero-order valence-electron chi connectivity index (χ0n) is 10.5. The number of nitrogens with one attached hydrogen (secondary N) is 2. The van der Waals surface area contributed by atoms with E-state index in [2.05, 4.69) is 15.0 Å². The van der Waals surface area contributed by atoms with Gasteiger partial charge >= 0.3 is 0 Å². The van der Waals surface area contributed by atoms with Crippen molar-refractivity contribution < 1.29 is 8.42 Å². The van der Waals surface area contributed by atoms with Gasteiger partial charge in [-0.05, 0) is 31.2 Å². The standard InChI is InChI=1S/C12H15N3O2S2/c1-2-19(16,17)15-11-5-3-10(4-6-11)14-9-12-13-7-8-18-12/h3-8,14-15H,2,9H2,1H3. The van der Waals surface area contributed by atoms with Gasteiger partial charge in [0.1, 0.15) is 5.01 Å². The highest BCUT2D eigenvalue weighted by atomic mass is 32.2. The molecule has 0 fully saturated rings. The molecule has 0 saturated carbocycles. The summed E-state index contributed by atoms with van der Waals surface area (Å²) in [5.74, 6) is 0.0665. The van der Waals surface area contributed by atoms with Crippen LogP contribution >= 0.6 is 11.3 Å². The number of nitrogens with zero attached hydrogens (tertiary/aromatic N) is 1. The highest BCUT2D eigenvalue weighted by molar-refractivity contribution is 7.92. The summed E-state index contributed by atoms with van der Waals surface area (Å²) >= 11 is 1.59. The first-order valence-electron chi connectivity index (χ1n) is 5.82. The second-order valence-electron chi connectivity index (χ2n) is 3.86. The Balaban J connectivity index is 1.95. The summed E-state index contributed by atoms with van der Waals surface area (Å²) < 4.78 is 25.3. The number of hydrogen-bond donors (Lipinski definition) is 2. The highest BCUT2D eigenvalue weighted by Crippen LogP contribution is 2.16. The van der Waals surface area contributed by atoms with Gasteiger partial charge in [0, 0.05) is 23.0 Å². The lowest BCUT2D eigenvalue weighted by atomic mass is 10.3. The summed E-state index contributed by atoms with van der Waals surface area (Å²) in [6.45, 7) is 2.27. The van der Waals surface area contributed by atoms with Gasteiger partial charge in [0.2, 0.25) is 10.0 Å². The minimum atomic E-state index is -3.21. The van der Waals surface area contributed by atoms with E-state index in [1.54, 1.807) is 36.6 Å². The zero-order chi connectivity index (χ0) is 13.7. The zero-order valence-corrected chi connectivity index (χ0v) is 12.1. The lowest BCUT2D eigenvalue weighted by Gasteiger charge is -2.08. The Labute approximate surface area is 116 Å². The number of benzene rings is 1. The van der Waals surface area contributed by atoms with E-state index in [0.29, 0.717) is 12.2 Å². The van der Waals surface area contributed by atoms with Crippen LogP contribution in [0.5, 0.6) is 0 Å². The molecule has 0 radical (unpaired) electrons. The monoisotopic (exact) mass is 297 g/mol. The Morgan fingerprint density at radius 1 is 1.21 bits per heavy atom. The minimum Gasteiger partial charge on any atom is -0.379 e. The van der Waals surface area contributed by atoms with Gasteiger partial charge in [0.15, 0.2) is 0 Å². The van der Waals surface area contributed by atoms with Crippen molar-refractivity contribution >= 4 is 32.7 Å². The molecule has 0 spiro atoms. The van der Waals surface area contributed by atoms with Gasteiger partial charge in [0.05, 0.1) is 12.3 Å². The second-order valence-corrected chi connectivity index (χ2v) is 6.85. The van der Waals surface area contributed by atoms with Gasteiger partial charge < -0.3 is 5.32 Å². The number of hydrogen-bond acceptors (Lipinski definition) is 5. The molecule has 7 heteroatoms. The first-order chi connectivity index (χ1) is 9.09. The van der Waals surface area contributed by atoms with Crippen LogP contribution in [0.1, 0.15) is 11.9 Å². The lowest BCUT2D eigenvalue weighted by molar-refractivity contribution is 0.602. The number of aromatic nitrogens is 1. The maximum Gasteiger partial charge on any atom is 0.232 e. The van der Waals surface area contributed by atoms with E-state index in [9.17, 15) is 8.42 Å². The summed E-state index contributed by atoms with van der Waals surface area (Å²) in [7, 11) is -3.21. The van der Waals surface area contributed by atoms with Gasteiger partial charge in [0.25, 0.3) is 0 Å². The van der Waals surface area contributed by atoms with Crippen LogP contribution in [0.3, 0.4) is 0 Å². The largest absolute Gasteiger partial charge is 0.379 e. The van der Waals surface area contributed by atoms with Gasteiger partial charge in [-0.2, -0.15) is 0 Å². The fraction of sp³-hybridized carbons (Fsp3) is 0.250. The first kappa shape index (κ1) is 13.8. The molecule has 0 aliphatic heterocycles. The Hall–Kier alpha value is -1.60.